The Morgan fingerprint density at radius 1 is 1.31 bits per heavy atom. The lowest BCUT2D eigenvalue weighted by atomic mass is 9.88. The van der Waals surface area contributed by atoms with E-state index in [1.165, 1.54) is 7.05 Å². The van der Waals surface area contributed by atoms with Gasteiger partial charge in [-0.2, -0.15) is 0 Å². The van der Waals surface area contributed by atoms with E-state index in [0.29, 0.717) is 25.9 Å². The van der Waals surface area contributed by atoms with Crippen molar-refractivity contribution < 1.29 is 14.4 Å². The molecule has 2 saturated heterocycles. The summed E-state index contributed by atoms with van der Waals surface area (Å²) in [4.78, 5) is 34.5. The Balaban J connectivity index is 0.000000606. The number of imide groups is 1. The third kappa shape index (κ3) is 2.13. The third-order valence-corrected chi connectivity index (χ3v) is 2.82. The van der Waals surface area contributed by atoms with E-state index in [2.05, 4.69) is 16.4 Å². The molecule has 90 valence electrons. The maximum absolute atomic E-state index is 11.5. The first kappa shape index (κ1) is 12.4. The molecule has 16 heavy (non-hydrogen) atoms. The highest BCUT2D eigenvalue weighted by atomic mass is 16.2. The number of nitrogens with two attached hydrogens (primary N) is 1. The topological polar surface area (TPSA) is 105 Å². The second-order valence-corrected chi connectivity index (χ2v) is 3.63. The minimum absolute atomic E-state index is 0.270. The van der Waals surface area contributed by atoms with Crippen LogP contribution in [0, 0.1) is 0 Å². The van der Waals surface area contributed by atoms with Crippen LogP contribution in [0.15, 0.2) is 0 Å². The normalized spacial score (nSPS) is 22.0. The van der Waals surface area contributed by atoms with Crippen LogP contribution in [0.1, 0.15) is 12.8 Å². The van der Waals surface area contributed by atoms with Gasteiger partial charge in [-0.25, -0.2) is 4.79 Å². The van der Waals surface area contributed by atoms with Crippen molar-refractivity contribution in [3.05, 3.63) is 0 Å². The van der Waals surface area contributed by atoms with Gasteiger partial charge in [0.1, 0.15) is 5.54 Å². The van der Waals surface area contributed by atoms with E-state index < -0.39 is 11.6 Å². The zero-order valence-electron chi connectivity index (χ0n) is 9.16. The molecule has 0 bridgehead atoms. The molecule has 0 unspecified atom stereocenters. The first-order valence-electron chi connectivity index (χ1n) is 5.07. The Bertz CT molecular complexity index is 297. The summed E-state index contributed by atoms with van der Waals surface area (Å²) in [7, 11) is 1.50. The Morgan fingerprint density at radius 2 is 1.88 bits per heavy atom. The van der Waals surface area contributed by atoms with Crippen molar-refractivity contribution in [1.82, 2.24) is 15.5 Å². The molecule has 7 heteroatoms. The Labute approximate surface area is 93.3 Å². The molecule has 0 aliphatic carbocycles. The number of piperidine rings is 1. The zero-order valence-corrected chi connectivity index (χ0v) is 9.16. The lowest BCUT2D eigenvalue weighted by Crippen LogP contribution is -2.54. The highest BCUT2D eigenvalue weighted by molar-refractivity contribution is 6.07. The van der Waals surface area contributed by atoms with Gasteiger partial charge in [0.15, 0.2) is 0 Å². The molecule has 0 atom stereocenters. The largest absolute Gasteiger partial charge is 0.345 e. The number of carbonyl (C=O) groups is 3. The molecule has 0 saturated carbocycles. The fourth-order valence-corrected chi connectivity index (χ4v) is 1.89. The van der Waals surface area contributed by atoms with Crippen LogP contribution in [0.5, 0.6) is 0 Å². The van der Waals surface area contributed by atoms with Gasteiger partial charge in [-0.05, 0) is 19.9 Å². The predicted octanol–water partition coefficient (Wildman–Crippen LogP) is -1.61. The minimum atomic E-state index is -0.767. The summed E-state index contributed by atoms with van der Waals surface area (Å²) in [6.45, 7) is 1.02. The van der Waals surface area contributed by atoms with E-state index in [0.717, 1.165) is 6.41 Å². The van der Waals surface area contributed by atoms with Crippen molar-refractivity contribution in [1.29, 1.82) is 0 Å². The number of rotatable bonds is 1. The Morgan fingerprint density at radius 3 is 2.25 bits per heavy atom. The lowest BCUT2D eigenvalue weighted by Gasteiger charge is -2.34. The molecule has 2 rings (SSSR count). The maximum Gasteiger partial charge on any atom is 0.322 e. The van der Waals surface area contributed by atoms with E-state index in [-0.39, 0.29) is 5.91 Å². The van der Waals surface area contributed by atoms with Gasteiger partial charge in [0.05, 0.1) is 0 Å². The van der Waals surface area contributed by atoms with Crippen LogP contribution in [0.25, 0.3) is 0 Å². The number of urea groups is 1. The van der Waals surface area contributed by atoms with Gasteiger partial charge < -0.3 is 16.0 Å². The van der Waals surface area contributed by atoms with Crippen molar-refractivity contribution in [2.45, 2.75) is 18.4 Å². The summed E-state index contributed by atoms with van der Waals surface area (Å²) < 4.78 is 0. The number of likely N-dealkylation sites (tertiary alicyclic amines) is 1. The molecule has 2 aliphatic heterocycles. The average Bonchev–Trinajstić information content (AvgIpc) is 2.58. The molecule has 4 amide bonds. The van der Waals surface area contributed by atoms with Crippen molar-refractivity contribution in [3.8, 4) is 0 Å². The molecule has 4 N–H and O–H groups in total. The monoisotopic (exact) mass is 228 g/mol. The zero-order chi connectivity index (χ0) is 12.2. The van der Waals surface area contributed by atoms with Gasteiger partial charge in [0.25, 0.3) is 5.91 Å². The van der Waals surface area contributed by atoms with Crippen molar-refractivity contribution in [3.63, 3.8) is 0 Å². The molecule has 7 nitrogen and oxygen atoms in total. The molecular formula is C9H16N4O3. The summed E-state index contributed by atoms with van der Waals surface area (Å²) in [5.74, 6) is -0.270. The number of carbonyl (C=O) groups excluding carboxylic acids is 3. The minimum Gasteiger partial charge on any atom is -0.345 e. The summed E-state index contributed by atoms with van der Waals surface area (Å²) in [6, 6.07) is -0.436. The van der Waals surface area contributed by atoms with Crippen LogP contribution in [-0.2, 0) is 9.59 Å². The summed E-state index contributed by atoms with van der Waals surface area (Å²) in [5.41, 5.74) is 3.73. The SMILES string of the molecule is CN.O=CN1CCC2(CC1)NC(=O)NC2=O. The van der Waals surface area contributed by atoms with Crippen LogP contribution >= 0.6 is 0 Å². The fourth-order valence-electron chi connectivity index (χ4n) is 1.89. The molecule has 0 aromatic carbocycles. The van der Waals surface area contributed by atoms with E-state index in [9.17, 15) is 14.4 Å². The summed E-state index contributed by atoms with van der Waals surface area (Å²) in [6.07, 6.45) is 1.74. The smallest absolute Gasteiger partial charge is 0.322 e. The standard InChI is InChI=1S/C8H11N3O3.CH5N/c12-5-11-3-1-8(2-4-11)6(13)9-7(14)10-8;1-2/h5H,1-4H2,(H2,9,10,13,14);2H2,1H3. The number of nitrogens with zero attached hydrogens (tertiary/aromatic N) is 1. The van der Waals surface area contributed by atoms with Crippen LogP contribution < -0.4 is 16.4 Å². The van der Waals surface area contributed by atoms with Gasteiger partial charge in [-0.1, -0.05) is 0 Å². The number of hydrogen-bond acceptors (Lipinski definition) is 4. The Hall–Kier alpha value is -1.63. The van der Waals surface area contributed by atoms with E-state index in [4.69, 9.17) is 0 Å². The summed E-state index contributed by atoms with van der Waals surface area (Å²) >= 11 is 0. The number of hydrogen-bond donors (Lipinski definition) is 3. The number of amides is 4. The quantitative estimate of drug-likeness (QED) is 0.371. The van der Waals surface area contributed by atoms with E-state index >= 15 is 0 Å². The van der Waals surface area contributed by atoms with Gasteiger partial charge in [0, 0.05) is 13.1 Å². The van der Waals surface area contributed by atoms with E-state index in [1.807, 2.05) is 0 Å². The third-order valence-electron chi connectivity index (χ3n) is 2.82. The average molecular weight is 228 g/mol. The molecular weight excluding hydrogens is 212 g/mol. The van der Waals surface area contributed by atoms with Gasteiger partial charge >= 0.3 is 6.03 Å². The van der Waals surface area contributed by atoms with Crippen LogP contribution in [0.4, 0.5) is 4.79 Å². The van der Waals surface area contributed by atoms with Gasteiger partial charge in [0.2, 0.25) is 6.41 Å². The lowest BCUT2D eigenvalue weighted by molar-refractivity contribution is -0.128. The van der Waals surface area contributed by atoms with Crippen molar-refractivity contribution >= 4 is 18.3 Å². The predicted molar refractivity (Wildman–Crippen MR) is 56.4 cm³/mol. The maximum atomic E-state index is 11.5. The fraction of sp³-hybridized carbons (Fsp3) is 0.667. The highest BCUT2D eigenvalue weighted by Crippen LogP contribution is 2.24. The van der Waals surface area contributed by atoms with Crippen LogP contribution in [0.3, 0.4) is 0 Å². The Kier molecular flexibility index (Phi) is 3.83. The second-order valence-electron chi connectivity index (χ2n) is 3.63. The second kappa shape index (κ2) is 4.93. The molecule has 0 aromatic heterocycles. The highest BCUT2D eigenvalue weighted by Gasteiger charge is 2.47. The molecule has 1 spiro atoms. The summed E-state index contributed by atoms with van der Waals surface area (Å²) in [5, 5.41) is 4.84. The molecule has 2 fully saturated rings. The van der Waals surface area contributed by atoms with Crippen molar-refractivity contribution in [2.24, 2.45) is 5.73 Å². The molecule has 0 radical (unpaired) electrons. The van der Waals surface area contributed by atoms with Gasteiger partial charge in [-0.3, -0.25) is 14.9 Å². The van der Waals surface area contributed by atoms with Gasteiger partial charge in [-0.15, -0.1) is 0 Å². The first-order valence-corrected chi connectivity index (χ1v) is 5.07. The van der Waals surface area contributed by atoms with Crippen LogP contribution in [0.2, 0.25) is 0 Å². The number of nitrogens with one attached hydrogen (secondary N) is 2. The molecule has 2 heterocycles. The first-order chi connectivity index (χ1) is 7.66. The van der Waals surface area contributed by atoms with Crippen LogP contribution in [-0.4, -0.2) is 48.9 Å². The van der Waals surface area contributed by atoms with Crippen molar-refractivity contribution in [2.75, 3.05) is 20.1 Å². The van der Waals surface area contributed by atoms with E-state index in [1.54, 1.807) is 4.90 Å². The molecule has 0 aromatic rings. The molecule has 2 aliphatic rings.